The third-order valence-electron chi connectivity index (χ3n) is 6.80. The van der Waals surface area contributed by atoms with Gasteiger partial charge in [0.15, 0.2) is 23.1 Å². The van der Waals surface area contributed by atoms with Gasteiger partial charge in [-0.1, -0.05) is 25.1 Å². The Bertz CT molecular complexity index is 1680. The first-order valence-electron chi connectivity index (χ1n) is 14.5. The zero-order valence-electron chi connectivity index (χ0n) is 25.6. The number of benzene rings is 1. The lowest BCUT2D eigenvalue weighted by Gasteiger charge is -2.23. The van der Waals surface area contributed by atoms with Gasteiger partial charge >= 0.3 is 5.97 Å². The van der Waals surface area contributed by atoms with E-state index in [4.69, 9.17) is 14.7 Å². The third-order valence-corrected chi connectivity index (χ3v) is 6.80. The second-order valence-corrected chi connectivity index (χ2v) is 9.90. The Morgan fingerprint density at radius 2 is 1.86 bits per heavy atom. The molecule has 0 aliphatic rings. The van der Waals surface area contributed by atoms with Crippen molar-refractivity contribution in [3.05, 3.63) is 47.7 Å². The predicted octanol–water partition coefficient (Wildman–Crippen LogP) is 5.24. The maximum atomic E-state index is 11.3. The molecule has 14 nitrogen and oxygen atoms in total. The summed E-state index contributed by atoms with van der Waals surface area (Å²) in [6.07, 6.45) is 0.372. The number of hydrogen-bond donors (Lipinski definition) is 3. The molecular formula is C30H37N11O3. The van der Waals surface area contributed by atoms with Gasteiger partial charge in [-0.25, -0.2) is 9.67 Å². The first-order valence-corrected chi connectivity index (χ1v) is 14.5. The number of carboxylic acid groups (broad SMARTS) is 1. The van der Waals surface area contributed by atoms with Gasteiger partial charge in [-0.15, -0.1) is 15.3 Å². The molecule has 230 valence electrons. The molecule has 3 heterocycles. The second-order valence-electron chi connectivity index (χ2n) is 9.90. The summed E-state index contributed by atoms with van der Waals surface area (Å²) in [5, 5.41) is 40.3. The number of para-hydroxylation sites is 1. The predicted molar refractivity (Wildman–Crippen MR) is 168 cm³/mol. The molecule has 0 saturated carbocycles. The number of rotatable bonds is 15. The van der Waals surface area contributed by atoms with Gasteiger partial charge in [0.1, 0.15) is 11.6 Å². The monoisotopic (exact) mass is 599 g/mol. The minimum atomic E-state index is -0.954. The summed E-state index contributed by atoms with van der Waals surface area (Å²) in [6.45, 7) is 9.66. The maximum Gasteiger partial charge on any atom is 0.305 e. The Morgan fingerprint density at radius 3 is 2.55 bits per heavy atom. The van der Waals surface area contributed by atoms with Crippen LogP contribution in [-0.2, 0) is 16.0 Å². The summed E-state index contributed by atoms with van der Waals surface area (Å²) in [7, 11) is 1.61. The molecule has 0 aliphatic carbocycles. The molecule has 0 radical (unpaired) electrons. The summed E-state index contributed by atoms with van der Waals surface area (Å²) >= 11 is 0. The largest absolute Gasteiger partial charge is 0.481 e. The molecule has 4 rings (SSSR count). The van der Waals surface area contributed by atoms with Crippen LogP contribution in [0, 0.1) is 11.3 Å². The van der Waals surface area contributed by atoms with Crippen molar-refractivity contribution in [3.8, 4) is 11.9 Å². The average molecular weight is 600 g/mol. The number of hydrogen-bond acceptors (Lipinski definition) is 12. The lowest BCUT2D eigenvalue weighted by Crippen LogP contribution is -2.27. The van der Waals surface area contributed by atoms with Gasteiger partial charge in [0.05, 0.1) is 24.2 Å². The molecule has 0 fully saturated rings. The standard InChI is InChI=1S/C30H37N11O3/c1-6-23-21(17-31)27(39-41(23)24-14-13-20-11-9-10-12-22(20)34-24)38-37-26-28(32-16-15-25(42)43)35-30(40(7-2)8-3)36-29(26)33-19(4)18-44-5/h9-14,19H,6-8,15-16,18H2,1-5H3,(H,42,43)(H2,32,33,35,36). The Morgan fingerprint density at radius 1 is 1.11 bits per heavy atom. The van der Waals surface area contributed by atoms with Crippen LogP contribution in [0.1, 0.15) is 45.4 Å². The highest BCUT2D eigenvalue weighted by Gasteiger charge is 2.22. The summed E-state index contributed by atoms with van der Waals surface area (Å²) in [5.74, 6) is 0.819. The number of azo groups is 1. The molecule has 4 aromatic rings. The third kappa shape index (κ3) is 7.24. The smallest absolute Gasteiger partial charge is 0.305 e. The van der Waals surface area contributed by atoms with Gasteiger partial charge in [-0.05, 0) is 45.4 Å². The lowest BCUT2D eigenvalue weighted by atomic mass is 10.2. The Hall–Kier alpha value is -5.16. The van der Waals surface area contributed by atoms with E-state index in [9.17, 15) is 15.2 Å². The van der Waals surface area contributed by atoms with Crippen LogP contribution in [0.3, 0.4) is 0 Å². The van der Waals surface area contributed by atoms with Gasteiger partial charge in [-0.2, -0.15) is 15.2 Å². The Labute approximate surface area is 255 Å². The van der Waals surface area contributed by atoms with Crippen molar-refractivity contribution in [3.63, 3.8) is 0 Å². The number of carbonyl (C=O) groups is 1. The summed E-state index contributed by atoms with van der Waals surface area (Å²) < 4.78 is 6.92. The number of methoxy groups -OCH3 is 1. The van der Waals surface area contributed by atoms with Crippen molar-refractivity contribution in [1.29, 1.82) is 5.26 Å². The van der Waals surface area contributed by atoms with E-state index in [0.29, 0.717) is 55.2 Å². The first-order chi connectivity index (χ1) is 21.3. The molecule has 0 aliphatic heterocycles. The van der Waals surface area contributed by atoms with E-state index in [1.165, 1.54) is 0 Å². The summed E-state index contributed by atoms with van der Waals surface area (Å²) in [4.78, 5) is 27.4. The molecule has 3 N–H and O–H groups in total. The van der Waals surface area contributed by atoms with Crippen molar-refractivity contribution in [2.24, 2.45) is 10.2 Å². The molecule has 14 heteroatoms. The first kappa shape index (κ1) is 31.8. The molecule has 0 amide bonds. The number of carboxylic acids is 1. The molecule has 0 spiro atoms. The molecule has 0 bridgehead atoms. The van der Waals surface area contributed by atoms with Gasteiger partial charge < -0.3 is 25.4 Å². The van der Waals surface area contributed by atoms with Crippen LogP contribution in [0.15, 0.2) is 46.6 Å². The van der Waals surface area contributed by atoms with Crippen LogP contribution >= 0.6 is 0 Å². The highest BCUT2D eigenvalue weighted by molar-refractivity contribution is 5.79. The van der Waals surface area contributed by atoms with E-state index >= 15 is 0 Å². The number of aromatic nitrogens is 5. The van der Waals surface area contributed by atoms with Crippen LogP contribution in [0.25, 0.3) is 16.7 Å². The lowest BCUT2D eigenvalue weighted by molar-refractivity contribution is -0.136. The topological polar surface area (TPSA) is 179 Å². The van der Waals surface area contributed by atoms with E-state index < -0.39 is 5.97 Å². The number of nitrogens with one attached hydrogen (secondary N) is 2. The fourth-order valence-electron chi connectivity index (χ4n) is 4.63. The molecule has 0 saturated heterocycles. The molecule has 1 aromatic carbocycles. The molecule has 3 aromatic heterocycles. The van der Waals surface area contributed by atoms with Crippen molar-refractivity contribution >= 4 is 46.0 Å². The fourth-order valence-corrected chi connectivity index (χ4v) is 4.63. The minimum Gasteiger partial charge on any atom is -0.481 e. The van der Waals surface area contributed by atoms with Crippen molar-refractivity contribution < 1.29 is 14.6 Å². The number of nitrogens with zero attached hydrogens (tertiary/aromatic N) is 9. The molecule has 1 unspecified atom stereocenters. The zero-order chi connectivity index (χ0) is 31.6. The Balaban J connectivity index is 1.84. The van der Waals surface area contributed by atoms with E-state index in [0.717, 1.165) is 10.9 Å². The van der Waals surface area contributed by atoms with Gasteiger partial charge in [-0.3, -0.25) is 4.79 Å². The fraction of sp³-hybridized carbons (Fsp3) is 0.400. The van der Waals surface area contributed by atoms with Crippen molar-refractivity contribution in [2.45, 2.75) is 46.6 Å². The summed E-state index contributed by atoms with van der Waals surface area (Å²) in [5.41, 5.74) is 1.96. The van der Waals surface area contributed by atoms with E-state index in [1.54, 1.807) is 11.8 Å². The van der Waals surface area contributed by atoms with Crippen LogP contribution in [-0.4, -0.2) is 75.2 Å². The van der Waals surface area contributed by atoms with Crippen molar-refractivity contribution in [1.82, 2.24) is 24.7 Å². The van der Waals surface area contributed by atoms with Crippen LogP contribution in [0.2, 0.25) is 0 Å². The molecule has 1 atom stereocenters. The molecule has 44 heavy (non-hydrogen) atoms. The second kappa shape index (κ2) is 14.8. The van der Waals surface area contributed by atoms with Crippen molar-refractivity contribution in [2.75, 3.05) is 48.9 Å². The highest BCUT2D eigenvalue weighted by atomic mass is 16.5. The van der Waals surface area contributed by atoms with Crippen LogP contribution < -0.4 is 15.5 Å². The van der Waals surface area contributed by atoms with E-state index in [-0.39, 0.29) is 36.1 Å². The zero-order valence-corrected chi connectivity index (χ0v) is 25.6. The highest BCUT2D eigenvalue weighted by Crippen LogP contribution is 2.36. The Kier molecular flexibility index (Phi) is 10.7. The van der Waals surface area contributed by atoms with Gasteiger partial charge in [0.2, 0.25) is 11.8 Å². The van der Waals surface area contributed by atoms with Crippen LogP contribution in [0.5, 0.6) is 0 Å². The van der Waals surface area contributed by atoms with E-state index in [1.807, 2.05) is 69.0 Å². The minimum absolute atomic E-state index is 0.102. The number of fused-ring (bicyclic) bond motifs is 1. The number of nitriles is 1. The van der Waals surface area contributed by atoms with Gasteiger partial charge in [0.25, 0.3) is 0 Å². The summed E-state index contributed by atoms with van der Waals surface area (Å²) in [6, 6.07) is 13.6. The maximum absolute atomic E-state index is 11.3. The molecular weight excluding hydrogens is 562 g/mol. The number of pyridine rings is 1. The number of aliphatic carboxylic acids is 1. The number of ether oxygens (including phenoxy) is 1. The normalized spacial score (nSPS) is 11.9. The average Bonchev–Trinajstić information content (AvgIpc) is 3.38. The van der Waals surface area contributed by atoms with E-state index in [2.05, 4.69) is 37.0 Å². The number of anilines is 3. The quantitative estimate of drug-likeness (QED) is 0.152. The SMILES string of the molecule is CCc1c(C#N)c(N=Nc2c(NCCC(=O)O)nc(N(CC)CC)nc2NC(C)COC)nn1-c1ccc2ccccc2n1. The van der Waals surface area contributed by atoms with Crippen LogP contribution in [0.4, 0.5) is 29.1 Å². The van der Waals surface area contributed by atoms with Gasteiger partial charge in [0, 0.05) is 38.2 Å².